The second-order valence-electron chi connectivity index (χ2n) is 6.29. The molecule has 2 saturated heterocycles. The fourth-order valence-electron chi connectivity index (χ4n) is 3.49. The van der Waals surface area contributed by atoms with Gasteiger partial charge in [-0.3, -0.25) is 9.59 Å². The number of carbonyl (C=O) groups excluding carboxylic acids is 3. The number of halogens is 3. The quantitative estimate of drug-likeness (QED) is 0.741. The van der Waals surface area contributed by atoms with Crippen LogP contribution in [0.3, 0.4) is 0 Å². The fourth-order valence-corrected chi connectivity index (χ4v) is 4.15. The highest BCUT2D eigenvalue weighted by Gasteiger charge is 2.58. The molecule has 134 valence electrons. The molecule has 3 aliphatic rings. The maximum atomic E-state index is 14.3. The van der Waals surface area contributed by atoms with Gasteiger partial charge in [0.25, 0.3) is 5.91 Å². The minimum atomic E-state index is -1.39. The zero-order valence-electron chi connectivity index (χ0n) is 13.2. The van der Waals surface area contributed by atoms with E-state index in [1.807, 2.05) is 0 Å². The smallest absolute Gasteiger partial charge is 0.316 e. The summed E-state index contributed by atoms with van der Waals surface area (Å²) in [5, 5.41) is 5.36. The van der Waals surface area contributed by atoms with E-state index in [1.54, 1.807) is 12.1 Å². The van der Waals surface area contributed by atoms with Crippen LogP contribution < -0.4 is 10.6 Å². The molecule has 26 heavy (non-hydrogen) atoms. The predicted molar refractivity (Wildman–Crippen MR) is 94.5 cm³/mol. The van der Waals surface area contributed by atoms with Crippen molar-refractivity contribution in [2.75, 3.05) is 6.54 Å². The Morgan fingerprint density at radius 2 is 2.08 bits per heavy atom. The lowest BCUT2D eigenvalue weighted by Crippen LogP contribution is -2.51. The summed E-state index contributed by atoms with van der Waals surface area (Å²) < 4.78 is 14.9. The molecule has 1 aromatic rings. The van der Waals surface area contributed by atoms with Crippen LogP contribution in [0.25, 0.3) is 0 Å². The average Bonchev–Trinajstić information content (AvgIpc) is 3.05. The van der Waals surface area contributed by atoms with E-state index in [1.165, 1.54) is 17.0 Å². The zero-order valence-corrected chi connectivity index (χ0v) is 15.6. The first-order valence-electron chi connectivity index (χ1n) is 7.78. The molecule has 0 saturated carbocycles. The minimum absolute atomic E-state index is 0.00321. The number of benzene rings is 1. The molecule has 4 rings (SSSR count). The normalized spacial score (nSPS) is 24.8. The van der Waals surface area contributed by atoms with Crippen molar-refractivity contribution in [3.63, 3.8) is 0 Å². The number of nitrogens with zero attached hydrogens (tertiary/aromatic N) is 1. The van der Waals surface area contributed by atoms with Crippen LogP contribution in [0.15, 0.2) is 45.1 Å². The van der Waals surface area contributed by atoms with Crippen molar-refractivity contribution < 1.29 is 18.8 Å². The van der Waals surface area contributed by atoms with Crippen LogP contribution >= 0.6 is 27.5 Å². The highest BCUT2D eigenvalue weighted by Crippen LogP contribution is 2.44. The Hall–Kier alpha value is -2.19. The van der Waals surface area contributed by atoms with Gasteiger partial charge in [0.1, 0.15) is 5.82 Å². The lowest BCUT2D eigenvalue weighted by Gasteiger charge is -2.21. The molecule has 0 radical (unpaired) electrons. The number of nitrogens with one attached hydrogen (secondary N) is 2. The van der Waals surface area contributed by atoms with E-state index in [2.05, 4.69) is 26.6 Å². The Morgan fingerprint density at radius 3 is 2.73 bits per heavy atom. The topological polar surface area (TPSA) is 78.5 Å². The Kier molecular flexibility index (Phi) is 3.92. The number of likely N-dealkylation sites (tertiary alicyclic amines) is 1. The van der Waals surface area contributed by atoms with Crippen LogP contribution in [0.5, 0.6) is 0 Å². The van der Waals surface area contributed by atoms with Gasteiger partial charge >= 0.3 is 6.03 Å². The Labute approximate surface area is 161 Å². The van der Waals surface area contributed by atoms with Crippen LogP contribution in [0.4, 0.5) is 9.18 Å². The molecule has 0 aromatic heterocycles. The van der Waals surface area contributed by atoms with Crippen LogP contribution in [0.1, 0.15) is 12.0 Å². The molecule has 1 atom stereocenters. The number of ketones is 1. The summed E-state index contributed by atoms with van der Waals surface area (Å²) in [6.07, 6.45) is 1.30. The first-order valence-corrected chi connectivity index (χ1v) is 8.95. The summed E-state index contributed by atoms with van der Waals surface area (Å²) in [6.45, 7) is -0.0661. The van der Waals surface area contributed by atoms with Crippen molar-refractivity contribution in [1.29, 1.82) is 0 Å². The number of allylic oxidation sites excluding steroid dienone is 2. The van der Waals surface area contributed by atoms with Gasteiger partial charge in [0.15, 0.2) is 11.3 Å². The van der Waals surface area contributed by atoms with Gasteiger partial charge in [-0.05, 0) is 18.2 Å². The molecular formula is C17H12BrClFN3O3. The molecule has 2 aliphatic heterocycles. The third-order valence-electron chi connectivity index (χ3n) is 4.67. The van der Waals surface area contributed by atoms with Crippen LogP contribution in [-0.2, 0) is 16.1 Å². The fraction of sp³-hybridized carbons (Fsp3) is 0.235. The minimum Gasteiger partial charge on any atom is -0.335 e. The Bertz CT molecular complexity index is 945. The molecule has 0 bridgehead atoms. The van der Waals surface area contributed by atoms with Crippen LogP contribution in [0.2, 0.25) is 0 Å². The molecule has 6 nitrogen and oxygen atoms in total. The zero-order chi connectivity index (χ0) is 18.6. The second kappa shape index (κ2) is 5.92. The van der Waals surface area contributed by atoms with Gasteiger partial charge in [0.2, 0.25) is 0 Å². The number of amides is 3. The lowest BCUT2D eigenvalue weighted by atomic mass is 9.88. The van der Waals surface area contributed by atoms with Gasteiger partial charge in [0, 0.05) is 27.1 Å². The number of rotatable bonds is 2. The van der Waals surface area contributed by atoms with E-state index in [0.717, 1.165) is 0 Å². The SMILES string of the molecule is O=C1C=C2C(=C(Cl)C1)N(Cc1ccc(Br)cc1F)C(=O)C21CNC(=O)N1. The first kappa shape index (κ1) is 17.2. The molecule has 1 spiro atoms. The molecule has 1 unspecified atom stereocenters. The summed E-state index contributed by atoms with van der Waals surface area (Å²) in [5.74, 6) is -1.18. The Balaban J connectivity index is 1.81. The maximum absolute atomic E-state index is 14.3. The van der Waals surface area contributed by atoms with Crippen molar-refractivity contribution >= 4 is 45.3 Å². The molecule has 2 heterocycles. The van der Waals surface area contributed by atoms with Crippen molar-refractivity contribution in [3.05, 3.63) is 56.4 Å². The number of urea groups is 1. The van der Waals surface area contributed by atoms with E-state index in [-0.39, 0.29) is 30.3 Å². The van der Waals surface area contributed by atoms with Gasteiger partial charge in [-0.1, -0.05) is 33.6 Å². The standard InChI is InChI=1S/C17H12BrClFN3O3/c18-9-2-1-8(13(20)3-9)6-23-14-11(4-10(24)5-12(14)19)17(15(23)25)7-21-16(26)22-17/h1-4H,5-7H2,(H2,21,22,26). The molecular weight excluding hydrogens is 429 g/mol. The van der Waals surface area contributed by atoms with E-state index in [0.29, 0.717) is 21.3 Å². The largest absolute Gasteiger partial charge is 0.335 e. The third-order valence-corrected chi connectivity index (χ3v) is 5.48. The van der Waals surface area contributed by atoms with Crippen LogP contribution in [-0.4, -0.2) is 34.7 Å². The number of fused-ring (bicyclic) bond motifs is 2. The monoisotopic (exact) mass is 439 g/mol. The van der Waals surface area contributed by atoms with Gasteiger partial charge in [0.05, 0.1) is 18.8 Å². The summed E-state index contributed by atoms with van der Waals surface area (Å²) in [5.41, 5.74) is -0.389. The molecule has 2 N–H and O–H groups in total. The van der Waals surface area contributed by atoms with Crippen molar-refractivity contribution in [1.82, 2.24) is 15.5 Å². The summed E-state index contributed by atoms with van der Waals surface area (Å²) in [7, 11) is 0. The molecule has 1 aliphatic carbocycles. The van der Waals surface area contributed by atoms with E-state index >= 15 is 0 Å². The molecule has 3 amide bonds. The first-order chi connectivity index (χ1) is 12.3. The van der Waals surface area contributed by atoms with Crippen LogP contribution in [0, 0.1) is 5.82 Å². The Morgan fingerprint density at radius 1 is 1.31 bits per heavy atom. The highest BCUT2D eigenvalue weighted by molar-refractivity contribution is 9.10. The molecule has 9 heteroatoms. The van der Waals surface area contributed by atoms with Gasteiger partial charge in [-0.2, -0.15) is 0 Å². The third kappa shape index (κ3) is 2.47. The van der Waals surface area contributed by atoms with Crippen molar-refractivity contribution in [3.8, 4) is 0 Å². The maximum Gasteiger partial charge on any atom is 0.316 e. The summed E-state index contributed by atoms with van der Waals surface area (Å²) in [4.78, 5) is 38.2. The van der Waals surface area contributed by atoms with Gasteiger partial charge in [-0.25, -0.2) is 9.18 Å². The average molecular weight is 441 g/mol. The van der Waals surface area contributed by atoms with Crippen molar-refractivity contribution in [2.24, 2.45) is 0 Å². The van der Waals surface area contributed by atoms with E-state index < -0.39 is 23.3 Å². The highest BCUT2D eigenvalue weighted by atomic mass is 79.9. The predicted octanol–water partition coefficient (Wildman–Crippen LogP) is 2.33. The lowest BCUT2D eigenvalue weighted by molar-refractivity contribution is -0.131. The van der Waals surface area contributed by atoms with E-state index in [9.17, 15) is 18.8 Å². The second-order valence-corrected chi connectivity index (χ2v) is 7.67. The van der Waals surface area contributed by atoms with Gasteiger partial charge < -0.3 is 15.5 Å². The number of carbonyl (C=O) groups is 3. The number of hydrogen-bond donors (Lipinski definition) is 2. The molecule has 1 aromatic carbocycles. The van der Waals surface area contributed by atoms with Crippen molar-refractivity contribution in [2.45, 2.75) is 18.5 Å². The number of hydrogen-bond acceptors (Lipinski definition) is 3. The van der Waals surface area contributed by atoms with E-state index in [4.69, 9.17) is 11.6 Å². The summed E-state index contributed by atoms with van der Waals surface area (Å²) >= 11 is 9.49. The van der Waals surface area contributed by atoms with Gasteiger partial charge in [-0.15, -0.1) is 0 Å². The summed E-state index contributed by atoms with van der Waals surface area (Å²) in [6, 6.07) is 4.03. The molecule has 2 fully saturated rings.